The first kappa shape index (κ1) is 18.5. The summed E-state index contributed by atoms with van der Waals surface area (Å²) in [6.45, 7) is 14.7. The van der Waals surface area contributed by atoms with Gasteiger partial charge in [-0.05, 0) is 40.0 Å². The predicted octanol–water partition coefficient (Wildman–Crippen LogP) is 3.61. The van der Waals surface area contributed by atoms with E-state index in [4.69, 9.17) is 5.11 Å². The zero-order chi connectivity index (χ0) is 13.9. The third kappa shape index (κ3) is 15.1. The Morgan fingerprint density at radius 3 is 2.12 bits per heavy atom. The van der Waals surface area contributed by atoms with Gasteiger partial charge in [0.2, 0.25) is 0 Å². The minimum Gasteiger partial charge on any atom is -0.389 e. The zero-order valence-corrected chi connectivity index (χ0v) is 11.7. The van der Waals surface area contributed by atoms with Crippen molar-refractivity contribution in [1.29, 1.82) is 0 Å². The van der Waals surface area contributed by atoms with Crippen molar-refractivity contribution in [3.8, 4) is 0 Å². The van der Waals surface area contributed by atoms with E-state index in [2.05, 4.69) is 33.1 Å². The molecule has 0 amide bonds. The normalized spacial score (nSPS) is 14.7. The Morgan fingerprint density at radius 2 is 1.88 bits per heavy atom. The second-order valence-electron chi connectivity index (χ2n) is 4.59. The maximum Gasteiger partial charge on any atom is 0.0800 e. The third-order valence-electron chi connectivity index (χ3n) is 2.33. The lowest BCUT2D eigenvalue weighted by molar-refractivity contribution is 0.103. The van der Waals surface area contributed by atoms with E-state index in [9.17, 15) is 5.11 Å². The molecule has 100 valence electrons. The summed E-state index contributed by atoms with van der Waals surface area (Å²) in [7, 11) is 0. The summed E-state index contributed by atoms with van der Waals surface area (Å²) >= 11 is 0. The van der Waals surface area contributed by atoms with Crippen LogP contribution in [0.5, 0.6) is 0 Å². The van der Waals surface area contributed by atoms with Crippen LogP contribution in [0.15, 0.2) is 37.0 Å². The summed E-state index contributed by atoms with van der Waals surface area (Å²) < 4.78 is 0. The standard InChI is InChI=1S/C10H18O.C5H10O/c1-5-10(4,11)8-6-7-9(2)3;1-3-5(6)4-2/h5,7,11H,1,6,8H2,2-4H3;3,5-6H,1,4H2,2H3. The van der Waals surface area contributed by atoms with E-state index >= 15 is 0 Å². The van der Waals surface area contributed by atoms with E-state index in [0.29, 0.717) is 0 Å². The van der Waals surface area contributed by atoms with Crippen LogP contribution in [0.2, 0.25) is 0 Å². The molecule has 2 N–H and O–H groups in total. The maximum atomic E-state index is 9.49. The van der Waals surface area contributed by atoms with Gasteiger partial charge in [-0.2, -0.15) is 0 Å². The van der Waals surface area contributed by atoms with E-state index in [0.717, 1.165) is 19.3 Å². The predicted molar refractivity (Wildman–Crippen MR) is 76.0 cm³/mol. The molecular weight excluding hydrogens is 212 g/mol. The molecule has 0 spiro atoms. The summed E-state index contributed by atoms with van der Waals surface area (Å²) in [5, 5.41) is 18.0. The Bertz CT molecular complexity index is 235. The molecule has 0 bridgehead atoms. The lowest BCUT2D eigenvalue weighted by Gasteiger charge is -2.16. The van der Waals surface area contributed by atoms with Gasteiger partial charge in [0.25, 0.3) is 0 Å². The Morgan fingerprint density at radius 1 is 1.35 bits per heavy atom. The monoisotopic (exact) mass is 240 g/mol. The fourth-order valence-electron chi connectivity index (χ4n) is 0.922. The first-order valence-corrected chi connectivity index (χ1v) is 6.09. The van der Waals surface area contributed by atoms with Crippen molar-refractivity contribution >= 4 is 0 Å². The van der Waals surface area contributed by atoms with Crippen molar-refractivity contribution < 1.29 is 10.2 Å². The molecule has 0 aromatic carbocycles. The molecule has 0 aliphatic carbocycles. The Labute approximate surface area is 106 Å². The minimum atomic E-state index is -0.702. The highest BCUT2D eigenvalue weighted by molar-refractivity contribution is 4.97. The number of aliphatic hydroxyl groups is 2. The van der Waals surface area contributed by atoms with Crippen molar-refractivity contribution in [3.05, 3.63) is 37.0 Å². The van der Waals surface area contributed by atoms with E-state index in [1.165, 1.54) is 11.6 Å². The highest BCUT2D eigenvalue weighted by Crippen LogP contribution is 2.13. The minimum absolute atomic E-state index is 0.301. The van der Waals surface area contributed by atoms with Crippen LogP contribution in [0.4, 0.5) is 0 Å². The van der Waals surface area contributed by atoms with Crippen LogP contribution in [-0.4, -0.2) is 21.9 Å². The number of allylic oxidation sites excluding steroid dienone is 2. The molecule has 0 aromatic rings. The fraction of sp³-hybridized carbons (Fsp3) is 0.600. The molecule has 0 aliphatic heterocycles. The fourth-order valence-corrected chi connectivity index (χ4v) is 0.922. The molecule has 2 unspecified atom stereocenters. The SMILES string of the molecule is C=CC(C)(O)CCC=C(C)C.C=CC(O)CC. The summed E-state index contributed by atoms with van der Waals surface area (Å²) in [6, 6.07) is 0. The van der Waals surface area contributed by atoms with Gasteiger partial charge in [0.1, 0.15) is 0 Å². The lowest BCUT2D eigenvalue weighted by Crippen LogP contribution is -2.19. The summed E-state index contributed by atoms with van der Waals surface area (Å²) in [4.78, 5) is 0. The molecule has 0 fully saturated rings. The van der Waals surface area contributed by atoms with Crippen molar-refractivity contribution in [1.82, 2.24) is 0 Å². The Kier molecular flexibility index (Phi) is 11.2. The molecule has 17 heavy (non-hydrogen) atoms. The maximum absolute atomic E-state index is 9.49. The number of hydrogen-bond donors (Lipinski definition) is 2. The molecule has 0 saturated heterocycles. The van der Waals surface area contributed by atoms with Gasteiger partial charge in [-0.3, -0.25) is 0 Å². The number of rotatable bonds is 6. The lowest BCUT2D eigenvalue weighted by atomic mass is 10.00. The second kappa shape index (κ2) is 10.3. The average Bonchev–Trinajstić information content (AvgIpc) is 2.28. The largest absolute Gasteiger partial charge is 0.389 e. The molecule has 2 atom stereocenters. The van der Waals surface area contributed by atoms with Gasteiger partial charge < -0.3 is 10.2 Å². The van der Waals surface area contributed by atoms with Crippen LogP contribution in [-0.2, 0) is 0 Å². The van der Waals surface area contributed by atoms with E-state index in [-0.39, 0.29) is 6.10 Å². The molecule has 0 saturated carbocycles. The van der Waals surface area contributed by atoms with E-state index in [1.807, 2.05) is 6.92 Å². The van der Waals surface area contributed by atoms with Crippen molar-refractivity contribution in [2.75, 3.05) is 0 Å². The van der Waals surface area contributed by atoms with Crippen molar-refractivity contribution in [3.63, 3.8) is 0 Å². The number of hydrogen-bond acceptors (Lipinski definition) is 2. The highest BCUT2D eigenvalue weighted by atomic mass is 16.3. The molecule has 0 heterocycles. The van der Waals surface area contributed by atoms with Crippen LogP contribution in [0.1, 0.15) is 47.0 Å². The van der Waals surface area contributed by atoms with Crippen LogP contribution in [0, 0.1) is 0 Å². The van der Waals surface area contributed by atoms with Gasteiger partial charge in [0.05, 0.1) is 11.7 Å². The van der Waals surface area contributed by atoms with Gasteiger partial charge >= 0.3 is 0 Å². The van der Waals surface area contributed by atoms with Crippen LogP contribution in [0.25, 0.3) is 0 Å². The molecular formula is C15H28O2. The van der Waals surface area contributed by atoms with Crippen LogP contribution in [0.3, 0.4) is 0 Å². The first-order chi connectivity index (χ1) is 7.79. The molecule has 0 aromatic heterocycles. The summed E-state index contributed by atoms with van der Waals surface area (Å²) in [6.07, 6.45) is 7.38. The summed E-state index contributed by atoms with van der Waals surface area (Å²) in [5.41, 5.74) is 0.594. The molecule has 2 heteroatoms. The van der Waals surface area contributed by atoms with Gasteiger partial charge in [-0.15, -0.1) is 13.2 Å². The van der Waals surface area contributed by atoms with Gasteiger partial charge in [-0.1, -0.05) is 30.7 Å². The Hall–Kier alpha value is -0.860. The van der Waals surface area contributed by atoms with Crippen molar-refractivity contribution in [2.24, 2.45) is 0 Å². The van der Waals surface area contributed by atoms with Crippen LogP contribution >= 0.6 is 0 Å². The summed E-state index contributed by atoms with van der Waals surface area (Å²) in [5.74, 6) is 0. The smallest absolute Gasteiger partial charge is 0.0800 e. The quantitative estimate of drug-likeness (QED) is 0.696. The van der Waals surface area contributed by atoms with Crippen LogP contribution < -0.4 is 0 Å². The molecule has 0 rings (SSSR count). The Balaban J connectivity index is 0. The number of aliphatic hydroxyl groups excluding tert-OH is 1. The molecule has 2 nitrogen and oxygen atoms in total. The van der Waals surface area contributed by atoms with Gasteiger partial charge in [0, 0.05) is 0 Å². The van der Waals surface area contributed by atoms with E-state index < -0.39 is 5.60 Å². The zero-order valence-electron chi connectivity index (χ0n) is 11.7. The van der Waals surface area contributed by atoms with E-state index in [1.54, 1.807) is 13.0 Å². The molecule has 0 aliphatic rings. The third-order valence-corrected chi connectivity index (χ3v) is 2.33. The average molecular weight is 240 g/mol. The second-order valence-corrected chi connectivity index (χ2v) is 4.59. The first-order valence-electron chi connectivity index (χ1n) is 6.09. The van der Waals surface area contributed by atoms with Gasteiger partial charge in [-0.25, -0.2) is 0 Å². The van der Waals surface area contributed by atoms with Gasteiger partial charge in [0.15, 0.2) is 0 Å². The van der Waals surface area contributed by atoms with Crippen molar-refractivity contribution in [2.45, 2.75) is 58.7 Å². The molecule has 0 radical (unpaired) electrons. The highest BCUT2D eigenvalue weighted by Gasteiger charge is 2.12. The topological polar surface area (TPSA) is 40.5 Å².